The van der Waals surface area contributed by atoms with Crippen LogP contribution in [-0.2, 0) is 11.2 Å². The number of esters is 1. The third-order valence-electron chi connectivity index (χ3n) is 4.02. The molecule has 0 spiro atoms. The van der Waals surface area contributed by atoms with Gasteiger partial charge in [-0.15, -0.1) is 0 Å². The lowest BCUT2D eigenvalue weighted by molar-refractivity contribution is -0.134. The predicted molar refractivity (Wildman–Crippen MR) is 97.5 cm³/mol. The van der Waals surface area contributed by atoms with E-state index in [-0.39, 0.29) is 5.97 Å². The van der Waals surface area contributed by atoms with Crippen molar-refractivity contribution in [3.63, 3.8) is 0 Å². The highest BCUT2D eigenvalue weighted by atomic mass is 16.5. The van der Waals surface area contributed by atoms with Gasteiger partial charge in [0.1, 0.15) is 5.75 Å². The van der Waals surface area contributed by atoms with Crippen LogP contribution in [0.1, 0.15) is 12.0 Å². The second-order valence-corrected chi connectivity index (χ2v) is 5.67. The first-order valence-corrected chi connectivity index (χ1v) is 8.10. The Bertz CT molecular complexity index is 886. The lowest BCUT2D eigenvalue weighted by Crippen LogP contribution is -2.09. The van der Waals surface area contributed by atoms with Crippen LogP contribution < -0.4 is 14.2 Å². The van der Waals surface area contributed by atoms with Gasteiger partial charge in [0.05, 0.1) is 14.2 Å². The maximum Gasteiger partial charge on any atom is 0.311 e. The van der Waals surface area contributed by atoms with E-state index in [0.717, 1.165) is 16.3 Å². The third kappa shape index (κ3) is 4.10. The minimum atomic E-state index is -0.259. The molecule has 0 radical (unpaired) electrons. The van der Waals surface area contributed by atoms with Gasteiger partial charge in [-0.3, -0.25) is 4.79 Å². The summed E-state index contributed by atoms with van der Waals surface area (Å²) in [7, 11) is 3.19. The summed E-state index contributed by atoms with van der Waals surface area (Å²) in [5.41, 5.74) is 0.994. The van der Waals surface area contributed by atoms with Crippen LogP contribution in [0.25, 0.3) is 10.8 Å². The highest BCUT2D eigenvalue weighted by molar-refractivity contribution is 5.84. The van der Waals surface area contributed by atoms with E-state index in [9.17, 15) is 4.79 Å². The van der Waals surface area contributed by atoms with E-state index in [1.54, 1.807) is 14.2 Å². The Hall–Kier alpha value is -3.01. The molecule has 0 saturated carbocycles. The summed E-state index contributed by atoms with van der Waals surface area (Å²) >= 11 is 0. The van der Waals surface area contributed by atoms with Gasteiger partial charge < -0.3 is 14.2 Å². The van der Waals surface area contributed by atoms with Crippen molar-refractivity contribution in [3.05, 3.63) is 66.2 Å². The Kier molecular flexibility index (Phi) is 5.19. The smallest absolute Gasteiger partial charge is 0.311 e. The van der Waals surface area contributed by atoms with Crippen LogP contribution in [0.5, 0.6) is 17.2 Å². The second-order valence-electron chi connectivity index (χ2n) is 5.67. The minimum absolute atomic E-state index is 0.259. The molecule has 0 atom stereocenters. The van der Waals surface area contributed by atoms with Gasteiger partial charge in [0, 0.05) is 6.42 Å². The molecule has 0 unspecified atom stereocenters. The highest BCUT2D eigenvalue weighted by Crippen LogP contribution is 2.28. The molecule has 0 amide bonds. The van der Waals surface area contributed by atoms with Crippen molar-refractivity contribution in [2.24, 2.45) is 0 Å². The number of aryl methyl sites for hydroxylation is 1. The Balaban J connectivity index is 1.62. The van der Waals surface area contributed by atoms with Crippen molar-refractivity contribution in [2.45, 2.75) is 12.8 Å². The van der Waals surface area contributed by atoms with E-state index in [2.05, 4.69) is 0 Å². The summed E-state index contributed by atoms with van der Waals surface area (Å²) < 4.78 is 15.9. The average molecular weight is 336 g/mol. The van der Waals surface area contributed by atoms with Crippen LogP contribution in [-0.4, -0.2) is 20.2 Å². The molecule has 3 aromatic rings. The molecule has 25 heavy (non-hydrogen) atoms. The van der Waals surface area contributed by atoms with E-state index < -0.39 is 0 Å². The summed E-state index contributed by atoms with van der Waals surface area (Å²) in [5.74, 6) is 1.63. The third-order valence-corrected chi connectivity index (χ3v) is 4.02. The Morgan fingerprint density at radius 1 is 0.840 bits per heavy atom. The number of rotatable bonds is 6. The molecule has 0 aliphatic rings. The first-order valence-electron chi connectivity index (χ1n) is 8.10. The molecular formula is C21H20O4. The van der Waals surface area contributed by atoms with Crippen LogP contribution in [0.4, 0.5) is 0 Å². The van der Waals surface area contributed by atoms with Crippen LogP contribution in [0.3, 0.4) is 0 Å². The molecular weight excluding hydrogens is 316 g/mol. The molecule has 0 heterocycles. The zero-order valence-electron chi connectivity index (χ0n) is 14.3. The number of fused-ring (bicyclic) bond motifs is 1. The molecule has 3 aromatic carbocycles. The van der Waals surface area contributed by atoms with Crippen molar-refractivity contribution in [1.82, 2.24) is 0 Å². The fourth-order valence-electron chi connectivity index (χ4n) is 2.70. The minimum Gasteiger partial charge on any atom is -0.493 e. The zero-order chi connectivity index (χ0) is 17.6. The summed E-state index contributed by atoms with van der Waals surface area (Å²) in [6.45, 7) is 0. The quantitative estimate of drug-likeness (QED) is 0.494. The average Bonchev–Trinajstić information content (AvgIpc) is 2.66. The Labute approximate surface area is 146 Å². The number of hydrogen-bond donors (Lipinski definition) is 0. The number of ether oxygens (including phenoxy) is 3. The highest BCUT2D eigenvalue weighted by Gasteiger charge is 2.09. The van der Waals surface area contributed by atoms with Crippen molar-refractivity contribution in [3.8, 4) is 17.2 Å². The maximum atomic E-state index is 12.1. The van der Waals surface area contributed by atoms with Crippen LogP contribution >= 0.6 is 0 Å². The molecule has 4 nitrogen and oxygen atoms in total. The van der Waals surface area contributed by atoms with Crippen LogP contribution in [0.15, 0.2) is 60.7 Å². The van der Waals surface area contributed by atoms with E-state index in [4.69, 9.17) is 14.2 Å². The Morgan fingerprint density at radius 3 is 2.36 bits per heavy atom. The first kappa shape index (κ1) is 16.8. The molecule has 128 valence electrons. The topological polar surface area (TPSA) is 44.8 Å². The van der Waals surface area contributed by atoms with E-state index in [0.29, 0.717) is 30.1 Å². The maximum absolute atomic E-state index is 12.1. The molecule has 0 N–H and O–H groups in total. The van der Waals surface area contributed by atoms with Crippen molar-refractivity contribution in [2.75, 3.05) is 14.2 Å². The number of methoxy groups -OCH3 is 2. The van der Waals surface area contributed by atoms with E-state index in [1.807, 2.05) is 60.7 Å². The lowest BCUT2D eigenvalue weighted by atomic mass is 10.1. The van der Waals surface area contributed by atoms with Gasteiger partial charge in [-0.2, -0.15) is 0 Å². The standard InChI is InChI=1S/C21H20O4/c1-23-19-11-7-15(13-20(19)24-2)8-12-21(22)25-18-10-9-16-5-3-4-6-17(16)14-18/h3-7,9-11,13-14H,8,12H2,1-2H3. The fraction of sp³-hybridized carbons (Fsp3) is 0.190. The van der Waals surface area contributed by atoms with Crippen molar-refractivity contribution >= 4 is 16.7 Å². The first-order chi connectivity index (χ1) is 12.2. The summed E-state index contributed by atoms with van der Waals surface area (Å²) in [4.78, 5) is 12.1. The number of carbonyl (C=O) groups is 1. The van der Waals surface area contributed by atoms with E-state index in [1.165, 1.54) is 0 Å². The predicted octanol–water partition coefficient (Wildman–Crippen LogP) is 4.40. The van der Waals surface area contributed by atoms with Gasteiger partial charge in [-0.05, 0) is 47.0 Å². The monoisotopic (exact) mass is 336 g/mol. The molecule has 0 aliphatic carbocycles. The van der Waals surface area contributed by atoms with Gasteiger partial charge in [0.2, 0.25) is 0 Å². The number of carbonyl (C=O) groups excluding carboxylic acids is 1. The summed E-state index contributed by atoms with van der Waals surface area (Å²) in [5, 5.41) is 2.17. The zero-order valence-corrected chi connectivity index (χ0v) is 14.3. The van der Waals surface area contributed by atoms with Crippen molar-refractivity contribution < 1.29 is 19.0 Å². The lowest BCUT2D eigenvalue weighted by Gasteiger charge is -2.09. The molecule has 0 fully saturated rings. The largest absolute Gasteiger partial charge is 0.493 e. The molecule has 0 aromatic heterocycles. The van der Waals surface area contributed by atoms with Crippen molar-refractivity contribution in [1.29, 1.82) is 0 Å². The molecule has 3 rings (SSSR count). The van der Waals surface area contributed by atoms with Gasteiger partial charge in [0.15, 0.2) is 11.5 Å². The summed E-state index contributed by atoms with van der Waals surface area (Å²) in [6, 6.07) is 19.2. The van der Waals surface area contributed by atoms with Gasteiger partial charge >= 0.3 is 5.97 Å². The fourth-order valence-corrected chi connectivity index (χ4v) is 2.70. The van der Waals surface area contributed by atoms with E-state index >= 15 is 0 Å². The molecule has 4 heteroatoms. The van der Waals surface area contributed by atoms with Gasteiger partial charge in [0.25, 0.3) is 0 Å². The number of hydrogen-bond acceptors (Lipinski definition) is 4. The van der Waals surface area contributed by atoms with Crippen LogP contribution in [0, 0.1) is 0 Å². The number of benzene rings is 3. The molecule has 0 aliphatic heterocycles. The molecule has 0 saturated heterocycles. The SMILES string of the molecule is COc1ccc(CCC(=O)Oc2ccc3ccccc3c2)cc1OC. The second kappa shape index (κ2) is 7.71. The summed E-state index contributed by atoms with van der Waals surface area (Å²) in [6.07, 6.45) is 0.870. The normalized spacial score (nSPS) is 10.5. The molecule has 0 bridgehead atoms. The van der Waals surface area contributed by atoms with Gasteiger partial charge in [-0.25, -0.2) is 0 Å². The Morgan fingerprint density at radius 2 is 1.60 bits per heavy atom. The van der Waals surface area contributed by atoms with Gasteiger partial charge in [-0.1, -0.05) is 36.4 Å². The van der Waals surface area contributed by atoms with Crippen LogP contribution in [0.2, 0.25) is 0 Å².